The highest BCUT2D eigenvalue weighted by Gasteiger charge is 2.31. The molecule has 1 fully saturated rings. The van der Waals surface area contributed by atoms with Gasteiger partial charge in [-0.2, -0.15) is 0 Å². The number of piperazine rings is 1. The minimum Gasteiger partial charge on any atom is -0.319 e. The molecular formula is C21H27N3O. The number of rotatable bonds is 5. The number of nitrogens with one attached hydrogen (secondary N) is 1. The summed E-state index contributed by atoms with van der Waals surface area (Å²) in [5, 5.41) is 3.43. The van der Waals surface area contributed by atoms with Crippen molar-refractivity contribution in [1.29, 1.82) is 0 Å². The van der Waals surface area contributed by atoms with Crippen LogP contribution in [0.4, 0.5) is 16.2 Å². The van der Waals surface area contributed by atoms with Gasteiger partial charge in [-0.05, 0) is 30.7 Å². The van der Waals surface area contributed by atoms with E-state index in [1.54, 1.807) is 0 Å². The monoisotopic (exact) mass is 337 g/mol. The van der Waals surface area contributed by atoms with Crippen molar-refractivity contribution in [2.24, 2.45) is 0 Å². The van der Waals surface area contributed by atoms with Crippen LogP contribution in [0.2, 0.25) is 0 Å². The van der Waals surface area contributed by atoms with Gasteiger partial charge in [-0.25, -0.2) is 4.79 Å². The standard InChI is InChI=1S/C21H27N3O/c1-2-3-10-20-17-22-15-16-23(20)21(25)24(18-11-6-4-7-12-18)19-13-8-5-9-14-19/h4-9,11-14,20,22H,2-3,10,15-17H2,1H3. The van der Waals surface area contributed by atoms with Crippen molar-refractivity contribution in [2.75, 3.05) is 24.5 Å². The average Bonchev–Trinajstić information content (AvgIpc) is 2.68. The van der Waals surface area contributed by atoms with E-state index >= 15 is 0 Å². The summed E-state index contributed by atoms with van der Waals surface area (Å²) in [4.78, 5) is 17.4. The fourth-order valence-electron chi connectivity index (χ4n) is 3.36. The average molecular weight is 337 g/mol. The predicted octanol–water partition coefficient (Wildman–Crippen LogP) is 4.41. The molecule has 0 bridgehead atoms. The Kier molecular flexibility index (Phi) is 6.07. The normalized spacial score (nSPS) is 17.3. The molecule has 2 amide bonds. The summed E-state index contributed by atoms with van der Waals surface area (Å²) in [5.41, 5.74) is 1.82. The van der Waals surface area contributed by atoms with Gasteiger partial charge in [0.1, 0.15) is 0 Å². The maximum absolute atomic E-state index is 13.5. The van der Waals surface area contributed by atoms with Gasteiger partial charge in [-0.1, -0.05) is 56.2 Å². The molecular weight excluding hydrogens is 310 g/mol. The third kappa shape index (κ3) is 4.20. The van der Waals surface area contributed by atoms with Gasteiger partial charge in [0.25, 0.3) is 0 Å². The molecule has 1 atom stereocenters. The lowest BCUT2D eigenvalue weighted by Crippen LogP contribution is -2.56. The first-order valence-electron chi connectivity index (χ1n) is 9.23. The molecule has 2 aromatic carbocycles. The molecule has 1 N–H and O–H groups in total. The number of anilines is 2. The molecule has 2 aromatic rings. The number of nitrogens with zero attached hydrogens (tertiary/aromatic N) is 2. The Hall–Kier alpha value is -2.33. The van der Waals surface area contributed by atoms with Gasteiger partial charge < -0.3 is 10.2 Å². The number of hydrogen-bond donors (Lipinski definition) is 1. The second kappa shape index (κ2) is 8.67. The summed E-state index contributed by atoms with van der Waals surface area (Å²) in [7, 11) is 0. The van der Waals surface area contributed by atoms with E-state index in [0.717, 1.165) is 50.3 Å². The lowest BCUT2D eigenvalue weighted by Gasteiger charge is -2.39. The van der Waals surface area contributed by atoms with Crippen LogP contribution >= 0.6 is 0 Å². The van der Waals surface area contributed by atoms with Gasteiger partial charge in [-0.3, -0.25) is 4.90 Å². The molecule has 1 unspecified atom stereocenters. The van der Waals surface area contributed by atoms with Crippen LogP contribution in [0.5, 0.6) is 0 Å². The molecule has 3 rings (SSSR count). The number of hydrogen-bond acceptors (Lipinski definition) is 2. The Bertz CT molecular complexity index is 620. The largest absolute Gasteiger partial charge is 0.329 e. The van der Waals surface area contributed by atoms with Crippen molar-refractivity contribution in [3.05, 3.63) is 60.7 Å². The fourth-order valence-corrected chi connectivity index (χ4v) is 3.36. The van der Waals surface area contributed by atoms with Crippen LogP contribution in [0, 0.1) is 0 Å². The van der Waals surface area contributed by atoms with Crippen LogP contribution in [-0.2, 0) is 0 Å². The fraction of sp³-hybridized carbons (Fsp3) is 0.381. The number of carbonyl (C=O) groups excluding carboxylic acids is 1. The first-order chi connectivity index (χ1) is 12.3. The molecule has 1 saturated heterocycles. The van der Waals surface area contributed by atoms with Crippen molar-refractivity contribution >= 4 is 17.4 Å². The summed E-state index contributed by atoms with van der Waals surface area (Å²) in [6.45, 7) is 4.68. The highest BCUT2D eigenvalue weighted by atomic mass is 16.2. The van der Waals surface area contributed by atoms with Gasteiger partial charge in [-0.15, -0.1) is 0 Å². The Morgan fingerprint density at radius 2 is 1.68 bits per heavy atom. The Balaban J connectivity index is 1.90. The number of para-hydroxylation sites is 2. The topological polar surface area (TPSA) is 35.6 Å². The second-order valence-corrected chi connectivity index (χ2v) is 6.48. The quantitative estimate of drug-likeness (QED) is 0.877. The molecule has 0 spiro atoms. The zero-order valence-corrected chi connectivity index (χ0v) is 14.9. The first kappa shape index (κ1) is 17.5. The number of unbranched alkanes of at least 4 members (excludes halogenated alkanes) is 1. The van der Waals surface area contributed by atoms with Crippen LogP contribution in [-0.4, -0.2) is 36.6 Å². The Morgan fingerprint density at radius 1 is 1.08 bits per heavy atom. The number of benzene rings is 2. The van der Waals surface area contributed by atoms with E-state index in [1.807, 2.05) is 70.5 Å². The lowest BCUT2D eigenvalue weighted by atomic mass is 10.1. The predicted molar refractivity (Wildman–Crippen MR) is 103 cm³/mol. The van der Waals surface area contributed by atoms with Crippen molar-refractivity contribution in [3.8, 4) is 0 Å². The highest BCUT2D eigenvalue weighted by Crippen LogP contribution is 2.28. The Labute approximate surface area is 150 Å². The molecule has 25 heavy (non-hydrogen) atoms. The summed E-state index contributed by atoms with van der Waals surface area (Å²) < 4.78 is 0. The van der Waals surface area contributed by atoms with Gasteiger partial charge in [0.15, 0.2) is 0 Å². The third-order valence-electron chi connectivity index (χ3n) is 4.71. The van der Waals surface area contributed by atoms with E-state index in [2.05, 4.69) is 12.2 Å². The van der Waals surface area contributed by atoms with E-state index in [9.17, 15) is 4.79 Å². The highest BCUT2D eigenvalue weighted by molar-refractivity contribution is 5.99. The molecule has 0 aliphatic carbocycles. The van der Waals surface area contributed by atoms with Crippen molar-refractivity contribution < 1.29 is 4.79 Å². The molecule has 132 valence electrons. The zero-order chi connectivity index (χ0) is 17.5. The number of carbonyl (C=O) groups is 1. The Morgan fingerprint density at radius 3 is 2.24 bits per heavy atom. The maximum Gasteiger partial charge on any atom is 0.329 e. The van der Waals surface area contributed by atoms with E-state index < -0.39 is 0 Å². The number of amides is 2. The smallest absolute Gasteiger partial charge is 0.319 e. The van der Waals surface area contributed by atoms with E-state index in [-0.39, 0.29) is 12.1 Å². The van der Waals surface area contributed by atoms with Crippen LogP contribution in [0.1, 0.15) is 26.2 Å². The minimum atomic E-state index is 0.0694. The molecule has 0 radical (unpaired) electrons. The van der Waals surface area contributed by atoms with Crippen LogP contribution in [0.15, 0.2) is 60.7 Å². The third-order valence-corrected chi connectivity index (χ3v) is 4.71. The van der Waals surface area contributed by atoms with Crippen LogP contribution < -0.4 is 10.2 Å². The van der Waals surface area contributed by atoms with Gasteiger partial charge in [0.2, 0.25) is 0 Å². The van der Waals surface area contributed by atoms with E-state index in [1.165, 1.54) is 0 Å². The SMILES string of the molecule is CCCCC1CNCCN1C(=O)N(c1ccccc1)c1ccccc1. The summed E-state index contributed by atoms with van der Waals surface area (Å²) in [6, 6.07) is 20.2. The van der Waals surface area contributed by atoms with Gasteiger partial charge in [0, 0.05) is 25.7 Å². The second-order valence-electron chi connectivity index (χ2n) is 6.48. The lowest BCUT2D eigenvalue weighted by molar-refractivity contribution is 0.160. The molecule has 1 heterocycles. The summed E-state index contributed by atoms with van der Waals surface area (Å²) >= 11 is 0. The summed E-state index contributed by atoms with van der Waals surface area (Å²) in [5.74, 6) is 0. The van der Waals surface area contributed by atoms with Gasteiger partial charge in [0.05, 0.1) is 11.4 Å². The molecule has 1 aliphatic rings. The first-order valence-corrected chi connectivity index (χ1v) is 9.23. The van der Waals surface area contributed by atoms with E-state index in [4.69, 9.17) is 0 Å². The molecule has 4 nitrogen and oxygen atoms in total. The molecule has 0 saturated carbocycles. The zero-order valence-electron chi connectivity index (χ0n) is 14.9. The number of urea groups is 1. The maximum atomic E-state index is 13.5. The van der Waals surface area contributed by atoms with Crippen molar-refractivity contribution in [1.82, 2.24) is 10.2 Å². The summed E-state index contributed by atoms with van der Waals surface area (Å²) in [6.07, 6.45) is 3.35. The minimum absolute atomic E-state index is 0.0694. The molecule has 4 heteroatoms. The van der Waals surface area contributed by atoms with Crippen molar-refractivity contribution in [2.45, 2.75) is 32.2 Å². The molecule has 1 aliphatic heterocycles. The van der Waals surface area contributed by atoms with Crippen molar-refractivity contribution in [3.63, 3.8) is 0 Å². The van der Waals surface area contributed by atoms with Gasteiger partial charge >= 0.3 is 6.03 Å². The van der Waals surface area contributed by atoms with E-state index in [0.29, 0.717) is 0 Å². The van der Waals surface area contributed by atoms with Crippen LogP contribution in [0.25, 0.3) is 0 Å². The molecule has 0 aromatic heterocycles. The van der Waals surface area contributed by atoms with Crippen LogP contribution in [0.3, 0.4) is 0 Å².